The molecule has 1 aromatic carbocycles. The zero-order valence-corrected chi connectivity index (χ0v) is 22.5. The monoisotopic (exact) mass is 510 g/mol. The van der Waals surface area contributed by atoms with Gasteiger partial charge in [-0.3, -0.25) is 19.6 Å². The summed E-state index contributed by atoms with van der Waals surface area (Å²) in [5, 5.41) is 9.99. The van der Waals surface area contributed by atoms with E-state index in [2.05, 4.69) is 20.7 Å². The van der Waals surface area contributed by atoms with E-state index in [4.69, 9.17) is 9.47 Å². The molecule has 0 atom stereocenters. The number of hydrogen-bond donors (Lipinski definition) is 2. The molecule has 0 aliphatic rings. The summed E-state index contributed by atoms with van der Waals surface area (Å²) in [6.07, 6.45) is 1.34. The Bertz CT molecular complexity index is 1320. The second-order valence-electron chi connectivity index (χ2n) is 9.97. The van der Waals surface area contributed by atoms with Crippen LogP contribution in [0.4, 0.5) is 16.2 Å². The van der Waals surface area contributed by atoms with Crippen LogP contribution in [0, 0.1) is 6.92 Å². The van der Waals surface area contributed by atoms with Crippen molar-refractivity contribution in [2.75, 3.05) is 23.8 Å². The van der Waals surface area contributed by atoms with E-state index in [-0.39, 0.29) is 18.2 Å². The Kier molecular flexibility index (Phi) is 8.05. The SMILES string of the molecule is Cc1nn(C)c2ncc(C(=O)NC(=O)Nc3cccc(OC(C)C)c3)c(N(C)CC(=O)OC(C)(C)C)c12. The van der Waals surface area contributed by atoms with Crippen LogP contribution >= 0.6 is 0 Å². The molecule has 2 aromatic heterocycles. The van der Waals surface area contributed by atoms with Crippen molar-refractivity contribution < 1.29 is 23.9 Å². The molecule has 0 saturated carbocycles. The van der Waals surface area contributed by atoms with Gasteiger partial charge in [-0.1, -0.05) is 6.07 Å². The van der Waals surface area contributed by atoms with Crippen molar-refractivity contribution in [1.82, 2.24) is 20.1 Å². The van der Waals surface area contributed by atoms with Crippen LogP contribution in [0.3, 0.4) is 0 Å². The summed E-state index contributed by atoms with van der Waals surface area (Å²) in [6, 6.07) is 6.14. The number of carbonyl (C=O) groups excluding carboxylic acids is 3. The Morgan fingerprint density at radius 3 is 2.54 bits per heavy atom. The van der Waals surface area contributed by atoms with Crippen molar-refractivity contribution in [1.29, 1.82) is 0 Å². The predicted molar refractivity (Wildman–Crippen MR) is 141 cm³/mol. The minimum absolute atomic E-state index is 0.0277. The Hall–Kier alpha value is -4.15. The topological polar surface area (TPSA) is 128 Å². The highest BCUT2D eigenvalue weighted by Gasteiger charge is 2.26. The minimum Gasteiger partial charge on any atom is -0.491 e. The number of ether oxygens (including phenoxy) is 2. The van der Waals surface area contributed by atoms with Gasteiger partial charge in [-0.2, -0.15) is 5.10 Å². The minimum atomic E-state index is -0.726. The average molecular weight is 511 g/mol. The molecule has 0 unspecified atom stereocenters. The Balaban J connectivity index is 1.88. The maximum Gasteiger partial charge on any atom is 0.326 e. The molecule has 0 aliphatic carbocycles. The largest absolute Gasteiger partial charge is 0.491 e. The van der Waals surface area contributed by atoms with Crippen molar-refractivity contribution in [3.63, 3.8) is 0 Å². The van der Waals surface area contributed by atoms with E-state index in [1.54, 1.807) is 75.6 Å². The summed E-state index contributed by atoms with van der Waals surface area (Å²) in [7, 11) is 3.41. The quantitative estimate of drug-likeness (QED) is 0.460. The molecule has 11 heteroatoms. The van der Waals surface area contributed by atoms with Gasteiger partial charge in [-0.05, 0) is 53.7 Å². The number of imide groups is 1. The fourth-order valence-electron chi connectivity index (χ4n) is 3.85. The molecular weight excluding hydrogens is 476 g/mol. The number of aromatic nitrogens is 3. The maximum atomic E-state index is 13.3. The number of esters is 1. The first-order chi connectivity index (χ1) is 17.2. The first kappa shape index (κ1) is 27.4. The van der Waals surface area contributed by atoms with Crippen LogP contribution in [0.2, 0.25) is 0 Å². The van der Waals surface area contributed by atoms with Gasteiger partial charge in [0.05, 0.1) is 28.4 Å². The van der Waals surface area contributed by atoms with Crippen molar-refractivity contribution in [3.05, 3.63) is 41.7 Å². The van der Waals surface area contributed by atoms with E-state index in [1.165, 1.54) is 6.20 Å². The highest BCUT2D eigenvalue weighted by Crippen LogP contribution is 2.31. The van der Waals surface area contributed by atoms with Crippen LogP contribution in [0.15, 0.2) is 30.5 Å². The summed E-state index contributed by atoms with van der Waals surface area (Å²) < 4.78 is 12.7. The molecule has 0 saturated heterocycles. The lowest BCUT2D eigenvalue weighted by molar-refractivity contribution is -0.152. The number of fused-ring (bicyclic) bond motifs is 1. The standard InChI is InChI=1S/C26H34N6O5/c1-15(2)36-18-11-9-10-17(12-18)28-25(35)29-24(34)19-13-27-23-21(16(3)30-32(23)8)22(19)31(7)14-20(33)37-26(4,5)6/h9-13,15H,14H2,1-8H3,(H2,28,29,34,35). The number of nitrogens with one attached hydrogen (secondary N) is 2. The fraction of sp³-hybridized carbons (Fsp3) is 0.423. The number of pyridine rings is 1. The van der Waals surface area contributed by atoms with E-state index < -0.39 is 23.5 Å². The van der Waals surface area contributed by atoms with Gasteiger partial charge in [-0.25, -0.2) is 9.78 Å². The number of benzene rings is 1. The second-order valence-corrected chi connectivity index (χ2v) is 9.97. The number of aryl methyl sites for hydroxylation is 2. The highest BCUT2D eigenvalue weighted by molar-refractivity contribution is 6.14. The van der Waals surface area contributed by atoms with E-state index in [0.717, 1.165) is 0 Å². The van der Waals surface area contributed by atoms with Crippen molar-refractivity contribution in [3.8, 4) is 5.75 Å². The van der Waals surface area contributed by atoms with Crippen molar-refractivity contribution >= 4 is 40.3 Å². The number of likely N-dealkylation sites (N-methyl/N-ethyl adjacent to an activating group) is 1. The number of rotatable bonds is 7. The van der Waals surface area contributed by atoms with Crippen LogP contribution < -0.4 is 20.3 Å². The Morgan fingerprint density at radius 1 is 1.19 bits per heavy atom. The van der Waals surface area contributed by atoms with E-state index in [0.29, 0.717) is 33.9 Å². The molecule has 0 aliphatic heterocycles. The summed E-state index contributed by atoms with van der Waals surface area (Å²) in [4.78, 5) is 44.5. The van der Waals surface area contributed by atoms with Crippen LogP contribution in [-0.4, -0.2) is 58.0 Å². The Morgan fingerprint density at radius 2 is 1.89 bits per heavy atom. The van der Waals surface area contributed by atoms with Crippen LogP contribution in [0.5, 0.6) is 5.75 Å². The van der Waals surface area contributed by atoms with Gasteiger partial charge < -0.3 is 19.7 Å². The molecule has 0 spiro atoms. The first-order valence-electron chi connectivity index (χ1n) is 11.9. The number of carbonyl (C=O) groups is 3. The molecule has 2 N–H and O–H groups in total. The smallest absolute Gasteiger partial charge is 0.326 e. The number of urea groups is 1. The van der Waals surface area contributed by atoms with Gasteiger partial charge in [-0.15, -0.1) is 0 Å². The zero-order valence-electron chi connectivity index (χ0n) is 22.5. The number of anilines is 2. The van der Waals surface area contributed by atoms with Crippen LogP contribution in [0.25, 0.3) is 11.0 Å². The zero-order chi connectivity index (χ0) is 27.5. The van der Waals surface area contributed by atoms with Crippen molar-refractivity contribution in [2.24, 2.45) is 7.05 Å². The maximum absolute atomic E-state index is 13.3. The molecule has 37 heavy (non-hydrogen) atoms. The molecule has 2 heterocycles. The van der Waals surface area contributed by atoms with Crippen LogP contribution in [0.1, 0.15) is 50.7 Å². The van der Waals surface area contributed by atoms with E-state index in [1.807, 2.05) is 13.8 Å². The van der Waals surface area contributed by atoms with Gasteiger partial charge >= 0.3 is 12.0 Å². The van der Waals surface area contributed by atoms with Crippen LogP contribution in [-0.2, 0) is 16.6 Å². The third-order valence-corrected chi connectivity index (χ3v) is 5.10. The number of nitrogens with zero attached hydrogens (tertiary/aromatic N) is 4. The highest BCUT2D eigenvalue weighted by atomic mass is 16.6. The lowest BCUT2D eigenvalue weighted by atomic mass is 10.1. The molecule has 198 valence electrons. The Labute approximate surface area is 216 Å². The molecule has 0 fully saturated rings. The first-order valence-corrected chi connectivity index (χ1v) is 11.9. The molecule has 0 radical (unpaired) electrons. The summed E-state index contributed by atoms with van der Waals surface area (Å²) in [5.41, 5.74) is 1.48. The van der Waals surface area contributed by atoms with Gasteiger partial charge in [0, 0.05) is 32.0 Å². The fourth-order valence-corrected chi connectivity index (χ4v) is 3.85. The molecule has 3 rings (SSSR count). The molecular formula is C26H34N6O5. The van der Waals surface area contributed by atoms with Gasteiger partial charge in [0.2, 0.25) is 0 Å². The van der Waals surface area contributed by atoms with Gasteiger partial charge in [0.15, 0.2) is 5.65 Å². The molecule has 3 aromatic rings. The third kappa shape index (κ3) is 6.96. The molecule has 0 bridgehead atoms. The lowest BCUT2D eigenvalue weighted by Gasteiger charge is -2.25. The van der Waals surface area contributed by atoms with Crippen molar-refractivity contribution in [2.45, 2.75) is 53.2 Å². The van der Waals surface area contributed by atoms with Gasteiger partial charge in [0.1, 0.15) is 17.9 Å². The third-order valence-electron chi connectivity index (χ3n) is 5.10. The van der Waals surface area contributed by atoms with Gasteiger partial charge in [0.25, 0.3) is 5.91 Å². The normalized spacial score (nSPS) is 11.4. The second kappa shape index (κ2) is 10.9. The van der Waals surface area contributed by atoms with E-state index >= 15 is 0 Å². The number of amides is 3. The molecule has 11 nitrogen and oxygen atoms in total. The summed E-state index contributed by atoms with van der Waals surface area (Å²) >= 11 is 0. The predicted octanol–water partition coefficient (Wildman–Crippen LogP) is 3.80. The molecule has 3 amide bonds. The average Bonchev–Trinajstić information content (AvgIpc) is 3.04. The van der Waals surface area contributed by atoms with E-state index in [9.17, 15) is 14.4 Å². The summed E-state index contributed by atoms with van der Waals surface area (Å²) in [5.74, 6) is -0.559. The summed E-state index contributed by atoms with van der Waals surface area (Å²) in [6.45, 7) is 10.8. The lowest BCUT2D eigenvalue weighted by Crippen LogP contribution is -2.37. The number of hydrogen-bond acceptors (Lipinski definition) is 8.